The molecular formula is C21H13ClFN5OS2. The summed E-state index contributed by atoms with van der Waals surface area (Å²) < 4.78 is 21.7. The fourth-order valence-corrected chi connectivity index (χ4v) is 4.62. The third-order valence-corrected chi connectivity index (χ3v) is 6.34. The summed E-state index contributed by atoms with van der Waals surface area (Å²) in [5.41, 5.74) is 1.89. The number of aromatic nitrogens is 5. The number of thiophene rings is 1. The summed E-state index contributed by atoms with van der Waals surface area (Å²) in [6.45, 7) is 0. The van der Waals surface area contributed by atoms with E-state index in [1.165, 1.54) is 17.8 Å². The molecule has 0 amide bonds. The molecule has 10 heteroatoms. The fraction of sp³-hybridized carbons (Fsp3) is 0.0476. The Morgan fingerprint density at radius 3 is 2.71 bits per heavy atom. The number of rotatable bonds is 6. The first-order valence-corrected chi connectivity index (χ1v) is 11.4. The van der Waals surface area contributed by atoms with Gasteiger partial charge in [-0.25, -0.2) is 4.39 Å². The topological polar surface area (TPSA) is 69.6 Å². The first-order valence-electron chi connectivity index (χ1n) is 9.14. The summed E-state index contributed by atoms with van der Waals surface area (Å²) in [4.78, 5) is 4.42. The van der Waals surface area contributed by atoms with Crippen molar-refractivity contribution in [3.8, 4) is 28.5 Å². The van der Waals surface area contributed by atoms with Crippen LogP contribution in [0.5, 0.6) is 0 Å². The highest BCUT2D eigenvalue weighted by atomic mass is 35.5. The molecule has 0 fully saturated rings. The number of hydrogen-bond acceptors (Lipinski definition) is 7. The monoisotopic (exact) mass is 469 g/mol. The largest absolute Gasteiger partial charge is 0.338 e. The summed E-state index contributed by atoms with van der Waals surface area (Å²) in [5.74, 6) is 1.38. The van der Waals surface area contributed by atoms with E-state index in [1.807, 2.05) is 35.0 Å². The van der Waals surface area contributed by atoms with E-state index in [0.717, 1.165) is 5.56 Å². The molecule has 0 spiro atoms. The van der Waals surface area contributed by atoms with Crippen LogP contribution in [0.2, 0.25) is 5.02 Å². The molecule has 5 rings (SSSR count). The van der Waals surface area contributed by atoms with Crippen molar-refractivity contribution in [2.75, 3.05) is 0 Å². The predicted octanol–water partition coefficient (Wildman–Crippen LogP) is 6.13. The van der Waals surface area contributed by atoms with Crippen molar-refractivity contribution in [2.45, 2.75) is 10.9 Å². The molecule has 3 heterocycles. The zero-order chi connectivity index (χ0) is 21.2. The maximum atomic E-state index is 14.7. The molecule has 0 aliphatic carbocycles. The molecule has 0 unspecified atom stereocenters. The van der Waals surface area contributed by atoms with Crippen LogP contribution in [-0.2, 0) is 5.75 Å². The number of benzene rings is 2. The van der Waals surface area contributed by atoms with Crippen LogP contribution in [0.3, 0.4) is 0 Å². The van der Waals surface area contributed by atoms with Crippen LogP contribution < -0.4 is 0 Å². The van der Waals surface area contributed by atoms with Crippen LogP contribution in [0, 0.1) is 5.82 Å². The lowest BCUT2D eigenvalue weighted by atomic mass is 10.2. The number of nitrogens with zero attached hydrogens (tertiary/aromatic N) is 5. The van der Waals surface area contributed by atoms with Gasteiger partial charge in [0.05, 0.1) is 16.5 Å². The number of para-hydroxylation sites is 1. The minimum atomic E-state index is -0.394. The van der Waals surface area contributed by atoms with Crippen molar-refractivity contribution >= 4 is 34.7 Å². The lowest BCUT2D eigenvalue weighted by molar-refractivity contribution is 0.391. The fourth-order valence-electron chi connectivity index (χ4n) is 2.98. The minimum Gasteiger partial charge on any atom is -0.338 e. The quantitative estimate of drug-likeness (QED) is 0.278. The zero-order valence-electron chi connectivity index (χ0n) is 15.8. The standard InChI is InChI=1S/C21H13ClFN5OS2/c22-15-6-2-1-5-14(15)20-25-26-21(28(20)17-8-4-3-7-16(17)23)31-12-18-24-19(27-29-18)13-9-10-30-11-13/h1-11H,12H2. The molecule has 0 aliphatic rings. The highest BCUT2D eigenvalue weighted by molar-refractivity contribution is 7.98. The second-order valence-electron chi connectivity index (χ2n) is 6.39. The third kappa shape index (κ3) is 3.99. The molecule has 0 N–H and O–H groups in total. The molecule has 0 bridgehead atoms. The smallest absolute Gasteiger partial charge is 0.237 e. The van der Waals surface area contributed by atoms with Gasteiger partial charge in [0.25, 0.3) is 0 Å². The molecule has 0 atom stereocenters. The molecule has 3 aromatic heterocycles. The summed E-state index contributed by atoms with van der Waals surface area (Å²) in [7, 11) is 0. The molecule has 31 heavy (non-hydrogen) atoms. The van der Waals surface area contributed by atoms with Crippen molar-refractivity contribution in [1.29, 1.82) is 0 Å². The normalized spacial score (nSPS) is 11.2. The van der Waals surface area contributed by atoms with Gasteiger partial charge in [-0.2, -0.15) is 16.3 Å². The SMILES string of the molecule is Fc1ccccc1-n1c(SCc2nc(-c3ccsc3)no2)nnc1-c1ccccc1Cl. The van der Waals surface area contributed by atoms with Crippen LogP contribution in [0.15, 0.2) is 75.0 Å². The molecular weight excluding hydrogens is 457 g/mol. The predicted molar refractivity (Wildman–Crippen MR) is 119 cm³/mol. The zero-order valence-corrected chi connectivity index (χ0v) is 18.2. The van der Waals surface area contributed by atoms with E-state index in [1.54, 1.807) is 40.2 Å². The summed E-state index contributed by atoms with van der Waals surface area (Å²) in [6, 6.07) is 15.6. The van der Waals surface area contributed by atoms with Gasteiger partial charge < -0.3 is 4.52 Å². The Labute approximate surface area is 189 Å². The maximum Gasteiger partial charge on any atom is 0.237 e. The molecule has 5 aromatic rings. The third-order valence-electron chi connectivity index (χ3n) is 4.41. The highest BCUT2D eigenvalue weighted by Gasteiger charge is 2.21. The second kappa shape index (κ2) is 8.62. The highest BCUT2D eigenvalue weighted by Crippen LogP contribution is 2.33. The van der Waals surface area contributed by atoms with Gasteiger partial charge in [-0.3, -0.25) is 4.57 Å². The Morgan fingerprint density at radius 1 is 1.06 bits per heavy atom. The van der Waals surface area contributed by atoms with Crippen LogP contribution in [0.1, 0.15) is 5.89 Å². The van der Waals surface area contributed by atoms with Crippen molar-refractivity contribution in [1.82, 2.24) is 24.9 Å². The second-order valence-corrected chi connectivity index (χ2v) is 8.52. The Hall–Kier alpha value is -3.01. The van der Waals surface area contributed by atoms with E-state index in [2.05, 4.69) is 20.3 Å². The van der Waals surface area contributed by atoms with E-state index >= 15 is 0 Å². The van der Waals surface area contributed by atoms with Gasteiger partial charge in [0.15, 0.2) is 11.0 Å². The lowest BCUT2D eigenvalue weighted by Crippen LogP contribution is -2.02. The molecule has 6 nitrogen and oxygen atoms in total. The molecule has 0 saturated heterocycles. The summed E-state index contributed by atoms with van der Waals surface area (Å²) in [5, 5.41) is 17.5. The number of thioether (sulfide) groups is 1. The first kappa shape index (κ1) is 19.9. The first-order chi connectivity index (χ1) is 15.2. The number of halogens is 2. The van der Waals surface area contributed by atoms with Crippen molar-refractivity contribution in [3.63, 3.8) is 0 Å². The Balaban J connectivity index is 1.50. The van der Waals surface area contributed by atoms with Gasteiger partial charge in [-0.1, -0.05) is 52.8 Å². The van der Waals surface area contributed by atoms with Crippen LogP contribution in [0.4, 0.5) is 4.39 Å². The van der Waals surface area contributed by atoms with E-state index in [9.17, 15) is 4.39 Å². The Bertz CT molecular complexity index is 1340. The van der Waals surface area contributed by atoms with Gasteiger partial charge in [-0.05, 0) is 35.7 Å². The average Bonchev–Trinajstić information content (AvgIpc) is 3.53. The average molecular weight is 470 g/mol. The Morgan fingerprint density at radius 2 is 1.90 bits per heavy atom. The summed E-state index contributed by atoms with van der Waals surface area (Å²) >= 11 is 9.26. The van der Waals surface area contributed by atoms with Crippen LogP contribution in [-0.4, -0.2) is 24.9 Å². The number of hydrogen-bond donors (Lipinski definition) is 0. The van der Waals surface area contributed by atoms with E-state index in [4.69, 9.17) is 16.1 Å². The van der Waals surface area contributed by atoms with E-state index in [0.29, 0.717) is 44.7 Å². The van der Waals surface area contributed by atoms with Gasteiger partial charge in [0.2, 0.25) is 11.7 Å². The van der Waals surface area contributed by atoms with E-state index in [-0.39, 0.29) is 0 Å². The summed E-state index contributed by atoms with van der Waals surface area (Å²) in [6.07, 6.45) is 0. The van der Waals surface area contributed by atoms with Crippen LogP contribution >= 0.6 is 34.7 Å². The van der Waals surface area contributed by atoms with Gasteiger partial charge in [0, 0.05) is 16.5 Å². The van der Waals surface area contributed by atoms with Crippen molar-refractivity contribution < 1.29 is 8.91 Å². The molecule has 2 aromatic carbocycles. The van der Waals surface area contributed by atoms with E-state index < -0.39 is 5.82 Å². The maximum absolute atomic E-state index is 14.7. The minimum absolute atomic E-state index is 0.328. The van der Waals surface area contributed by atoms with Gasteiger partial charge in [0.1, 0.15) is 5.82 Å². The molecule has 0 saturated carbocycles. The van der Waals surface area contributed by atoms with Crippen molar-refractivity contribution in [3.05, 3.63) is 82.1 Å². The van der Waals surface area contributed by atoms with Gasteiger partial charge in [-0.15, -0.1) is 10.2 Å². The van der Waals surface area contributed by atoms with Gasteiger partial charge >= 0.3 is 0 Å². The lowest BCUT2D eigenvalue weighted by Gasteiger charge is -2.11. The van der Waals surface area contributed by atoms with Crippen molar-refractivity contribution in [2.24, 2.45) is 0 Å². The Kier molecular flexibility index (Phi) is 5.54. The molecule has 154 valence electrons. The molecule has 0 aliphatic heterocycles. The molecule has 0 radical (unpaired) electrons. The van der Waals surface area contributed by atoms with Crippen LogP contribution in [0.25, 0.3) is 28.5 Å².